The van der Waals surface area contributed by atoms with Crippen molar-refractivity contribution in [3.63, 3.8) is 0 Å². The van der Waals surface area contributed by atoms with Crippen LogP contribution in [0.4, 0.5) is 0 Å². The van der Waals surface area contributed by atoms with Crippen molar-refractivity contribution in [3.05, 3.63) is 36.2 Å². The molecule has 1 aliphatic heterocycles. The number of hydrogen-bond acceptors (Lipinski definition) is 7. The third-order valence-electron chi connectivity index (χ3n) is 4.54. The van der Waals surface area contributed by atoms with E-state index in [1.807, 2.05) is 13.8 Å². The molecule has 1 aromatic heterocycles. The van der Waals surface area contributed by atoms with Gasteiger partial charge in [-0.2, -0.15) is 4.98 Å². The molecule has 1 amide bonds. The molecular formula is C21H27N3O5. The predicted molar refractivity (Wildman–Crippen MR) is 107 cm³/mol. The number of carbonyl (C=O) groups is 1. The molecule has 156 valence electrons. The minimum atomic E-state index is -0.150. The highest BCUT2D eigenvalue weighted by Gasteiger charge is 2.27. The Kier molecular flexibility index (Phi) is 7.10. The van der Waals surface area contributed by atoms with Gasteiger partial charge in [0.15, 0.2) is 11.5 Å². The van der Waals surface area contributed by atoms with Gasteiger partial charge in [0.1, 0.15) is 6.10 Å². The summed E-state index contributed by atoms with van der Waals surface area (Å²) in [6, 6.07) is 5.30. The first kappa shape index (κ1) is 20.7. The summed E-state index contributed by atoms with van der Waals surface area (Å²) in [6.07, 6.45) is 4.61. The molecule has 29 heavy (non-hydrogen) atoms. The molecule has 1 aromatic carbocycles. The first-order valence-electron chi connectivity index (χ1n) is 9.86. The zero-order chi connectivity index (χ0) is 20.6. The standard InChI is InChI=1S/C21H27N3O5/c1-4-27-17-9-8-15(11-18(17)28-5-2)21(25)24-10-6-7-16(14-24)29-20-13-22-12-19(23-20)26-3/h8-9,11-13,16H,4-7,10,14H2,1-3H3. The lowest BCUT2D eigenvalue weighted by atomic mass is 10.1. The molecule has 0 aliphatic carbocycles. The van der Waals surface area contributed by atoms with Crippen LogP contribution >= 0.6 is 0 Å². The van der Waals surface area contributed by atoms with Gasteiger partial charge in [-0.25, -0.2) is 0 Å². The predicted octanol–water partition coefficient (Wildman–Crippen LogP) is 2.97. The molecule has 2 heterocycles. The van der Waals surface area contributed by atoms with E-state index in [2.05, 4.69) is 9.97 Å². The summed E-state index contributed by atoms with van der Waals surface area (Å²) in [5.74, 6) is 1.95. The number of amides is 1. The quantitative estimate of drug-likeness (QED) is 0.672. The minimum absolute atomic E-state index is 0.0565. The van der Waals surface area contributed by atoms with Crippen LogP contribution in [0, 0.1) is 0 Å². The molecule has 1 unspecified atom stereocenters. The molecule has 1 aliphatic rings. The van der Waals surface area contributed by atoms with Crippen LogP contribution in [0.15, 0.2) is 30.6 Å². The molecule has 8 nitrogen and oxygen atoms in total. The highest BCUT2D eigenvalue weighted by Crippen LogP contribution is 2.29. The van der Waals surface area contributed by atoms with Crippen molar-refractivity contribution in [2.75, 3.05) is 33.4 Å². The van der Waals surface area contributed by atoms with Crippen molar-refractivity contribution in [3.8, 4) is 23.3 Å². The van der Waals surface area contributed by atoms with Crippen LogP contribution < -0.4 is 18.9 Å². The lowest BCUT2D eigenvalue weighted by Gasteiger charge is -2.32. The smallest absolute Gasteiger partial charge is 0.254 e. The zero-order valence-corrected chi connectivity index (χ0v) is 17.1. The number of benzene rings is 1. The molecule has 3 rings (SSSR count). The Morgan fingerprint density at radius 2 is 1.90 bits per heavy atom. The Balaban J connectivity index is 1.69. The Bertz CT molecular complexity index is 830. The number of ether oxygens (including phenoxy) is 4. The van der Waals surface area contributed by atoms with E-state index in [1.54, 1.807) is 29.3 Å². The second kappa shape index (κ2) is 9.95. The molecule has 0 bridgehead atoms. The van der Waals surface area contributed by atoms with E-state index in [-0.39, 0.29) is 12.0 Å². The molecule has 0 radical (unpaired) electrons. The lowest BCUT2D eigenvalue weighted by Crippen LogP contribution is -2.44. The zero-order valence-electron chi connectivity index (χ0n) is 17.1. The van der Waals surface area contributed by atoms with Gasteiger partial charge >= 0.3 is 0 Å². The van der Waals surface area contributed by atoms with Gasteiger partial charge in [0, 0.05) is 12.1 Å². The summed E-state index contributed by atoms with van der Waals surface area (Å²) >= 11 is 0. The van der Waals surface area contributed by atoms with Crippen LogP contribution in [0.1, 0.15) is 37.0 Å². The summed E-state index contributed by atoms with van der Waals surface area (Å²) in [5.41, 5.74) is 0.568. The minimum Gasteiger partial charge on any atom is -0.490 e. The summed E-state index contributed by atoms with van der Waals surface area (Å²) < 4.78 is 22.2. The Hall–Kier alpha value is -3.03. The van der Waals surface area contributed by atoms with Crippen molar-refractivity contribution in [2.24, 2.45) is 0 Å². The third-order valence-corrected chi connectivity index (χ3v) is 4.54. The van der Waals surface area contributed by atoms with Gasteiger partial charge in [-0.05, 0) is 44.9 Å². The summed E-state index contributed by atoms with van der Waals surface area (Å²) in [4.78, 5) is 23.1. The van der Waals surface area contributed by atoms with Crippen molar-refractivity contribution < 1.29 is 23.7 Å². The van der Waals surface area contributed by atoms with Gasteiger partial charge < -0.3 is 23.8 Å². The van der Waals surface area contributed by atoms with E-state index >= 15 is 0 Å². The largest absolute Gasteiger partial charge is 0.490 e. The number of carbonyl (C=O) groups excluding carboxylic acids is 1. The second-order valence-corrected chi connectivity index (χ2v) is 6.56. The van der Waals surface area contributed by atoms with Gasteiger partial charge in [-0.3, -0.25) is 9.78 Å². The van der Waals surface area contributed by atoms with E-state index in [1.165, 1.54) is 13.3 Å². The number of hydrogen-bond donors (Lipinski definition) is 0. The van der Waals surface area contributed by atoms with E-state index in [0.29, 0.717) is 55.1 Å². The topological polar surface area (TPSA) is 83.0 Å². The van der Waals surface area contributed by atoms with Crippen molar-refractivity contribution in [2.45, 2.75) is 32.8 Å². The number of rotatable bonds is 8. The Morgan fingerprint density at radius 3 is 2.66 bits per heavy atom. The second-order valence-electron chi connectivity index (χ2n) is 6.56. The molecule has 8 heteroatoms. The van der Waals surface area contributed by atoms with Crippen LogP contribution in [0.2, 0.25) is 0 Å². The van der Waals surface area contributed by atoms with Gasteiger partial charge in [0.05, 0.1) is 39.3 Å². The summed E-state index contributed by atoms with van der Waals surface area (Å²) in [7, 11) is 1.53. The molecule has 1 atom stereocenters. The fourth-order valence-electron chi connectivity index (χ4n) is 3.24. The average Bonchev–Trinajstić information content (AvgIpc) is 2.75. The van der Waals surface area contributed by atoms with Crippen LogP contribution in [0.25, 0.3) is 0 Å². The molecule has 0 saturated carbocycles. The molecule has 2 aromatic rings. The maximum absolute atomic E-state index is 13.0. The lowest BCUT2D eigenvalue weighted by molar-refractivity contribution is 0.0525. The summed E-state index contributed by atoms with van der Waals surface area (Å²) in [5, 5.41) is 0. The number of nitrogens with zero attached hydrogens (tertiary/aromatic N) is 3. The summed E-state index contributed by atoms with van der Waals surface area (Å²) in [6.45, 7) is 6.01. The highest BCUT2D eigenvalue weighted by molar-refractivity contribution is 5.95. The molecule has 1 fully saturated rings. The van der Waals surface area contributed by atoms with Crippen molar-refractivity contribution in [1.82, 2.24) is 14.9 Å². The third kappa shape index (κ3) is 5.28. The SMILES string of the molecule is CCOc1ccc(C(=O)N2CCCC(Oc3cncc(OC)n3)C2)cc1OCC. The highest BCUT2D eigenvalue weighted by atomic mass is 16.5. The first-order valence-corrected chi connectivity index (χ1v) is 9.86. The van der Waals surface area contributed by atoms with E-state index in [4.69, 9.17) is 18.9 Å². The van der Waals surface area contributed by atoms with Gasteiger partial charge in [0.2, 0.25) is 11.8 Å². The van der Waals surface area contributed by atoms with Crippen LogP contribution in [-0.2, 0) is 0 Å². The molecule has 1 saturated heterocycles. The maximum Gasteiger partial charge on any atom is 0.254 e. The van der Waals surface area contributed by atoms with Gasteiger partial charge in [-0.15, -0.1) is 0 Å². The fourth-order valence-corrected chi connectivity index (χ4v) is 3.24. The van der Waals surface area contributed by atoms with Crippen LogP contribution in [0.5, 0.6) is 23.3 Å². The van der Waals surface area contributed by atoms with Gasteiger partial charge in [0.25, 0.3) is 5.91 Å². The molecule has 0 spiro atoms. The monoisotopic (exact) mass is 401 g/mol. The number of piperidine rings is 1. The molecule has 0 N–H and O–H groups in total. The van der Waals surface area contributed by atoms with E-state index in [9.17, 15) is 4.79 Å². The number of likely N-dealkylation sites (tertiary alicyclic amines) is 1. The van der Waals surface area contributed by atoms with Crippen LogP contribution in [0.3, 0.4) is 0 Å². The van der Waals surface area contributed by atoms with Crippen molar-refractivity contribution >= 4 is 5.91 Å². The first-order chi connectivity index (χ1) is 14.1. The Morgan fingerprint density at radius 1 is 1.14 bits per heavy atom. The van der Waals surface area contributed by atoms with Crippen LogP contribution in [-0.4, -0.2) is 60.3 Å². The van der Waals surface area contributed by atoms with E-state index < -0.39 is 0 Å². The van der Waals surface area contributed by atoms with Crippen molar-refractivity contribution in [1.29, 1.82) is 0 Å². The normalized spacial score (nSPS) is 16.2. The van der Waals surface area contributed by atoms with E-state index in [0.717, 1.165) is 12.8 Å². The Labute approximate surface area is 170 Å². The van der Waals surface area contributed by atoms with Gasteiger partial charge in [-0.1, -0.05) is 0 Å². The number of methoxy groups -OCH3 is 1. The molecular weight excluding hydrogens is 374 g/mol. The average molecular weight is 401 g/mol. The maximum atomic E-state index is 13.0. The fraction of sp³-hybridized carbons (Fsp3) is 0.476. The number of aromatic nitrogens is 2.